The number of aromatic nitrogens is 4. The van der Waals surface area contributed by atoms with Crippen LogP contribution in [0.2, 0.25) is 0 Å². The molecule has 0 amide bonds. The van der Waals surface area contributed by atoms with Crippen LogP contribution in [0.5, 0.6) is 0 Å². The fourth-order valence-corrected chi connectivity index (χ4v) is 4.04. The average molecular weight is 399 g/mol. The molecule has 28 heavy (non-hydrogen) atoms. The third-order valence-corrected chi connectivity index (χ3v) is 5.77. The molecule has 0 aliphatic carbocycles. The second-order valence-electron chi connectivity index (χ2n) is 6.68. The third kappa shape index (κ3) is 4.91. The van der Waals surface area contributed by atoms with Crippen molar-refractivity contribution in [3.8, 4) is 0 Å². The zero-order chi connectivity index (χ0) is 19.9. The minimum Gasteiger partial charge on any atom is -0.383 e. The Labute approximate surface area is 169 Å². The molecule has 6 nitrogen and oxygen atoms in total. The number of ketones is 1. The van der Waals surface area contributed by atoms with Crippen LogP contribution >= 0.6 is 11.8 Å². The van der Waals surface area contributed by atoms with E-state index in [1.165, 1.54) is 17.3 Å². The number of carbonyl (C=O) groups is 1. The SMILES string of the molecule is COCCn1cnnc1SCC(=O)c1cc(C)n(CCc2ccccc2)c1C. The van der Waals surface area contributed by atoms with Gasteiger partial charge in [0.25, 0.3) is 0 Å². The van der Waals surface area contributed by atoms with Crippen LogP contribution in [0.15, 0.2) is 47.9 Å². The predicted octanol–water partition coefficient (Wildman–Crippen LogP) is 3.56. The maximum atomic E-state index is 12.8. The molecule has 0 unspecified atom stereocenters. The summed E-state index contributed by atoms with van der Waals surface area (Å²) in [6, 6.07) is 12.4. The predicted molar refractivity (Wildman–Crippen MR) is 111 cm³/mol. The van der Waals surface area contributed by atoms with E-state index in [-0.39, 0.29) is 5.78 Å². The molecule has 0 saturated carbocycles. The highest BCUT2D eigenvalue weighted by molar-refractivity contribution is 7.99. The van der Waals surface area contributed by atoms with Gasteiger partial charge < -0.3 is 13.9 Å². The summed E-state index contributed by atoms with van der Waals surface area (Å²) in [7, 11) is 1.66. The number of methoxy groups -OCH3 is 1. The molecule has 7 heteroatoms. The maximum Gasteiger partial charge on any atom is 0.191 e. The van der Waals surface area contributed by atoms with Crippen LogP contribution in [0.4, 0.5) is 0 Å². The summed E-state index contributed by atoms with van der Waals surface area (Å²) in [6.07, 6.45) is 2.61. The van der Waals surface area contributed by atoms with Crippen molar-refractivity contribution in [3.63, 3.8) is 0 Å². The molecule has 3 aromatic rings. The number of carbonyl (C=O) groups excluding carboxylic acids is 1. The number of thioether (sulfide) groups is 1. The van der Waals surface area contributed by atoms with Crippen LogP contribution < -0.4 is 0 Å². The zero-order valence-electron chi connectivity index (χ0n) is 16.6. The minimum atomic E-state index is 0.116. The molecular formula is C21H26N4O2S. The second-order valence-corrected chi connectivity index (χ2v) is 7.63. The average Bonchev–Trinajstić information content (AvgIpc) is 3.27. The lowest BCUT2D eigenvalue weighted by atomic mass is 10.1. The molecule has 2 aromatic heterocycles. The number of nitrogens with zero attached hydrogens (tertiary/aromatic N) is 4. The first-order chi connectivity index (χ1) is 13.6. The maximum absolute atomic E-state index is 12.8. The molecule has 0 radical (unpaired) electrons. The van der Waals surface area contributed by atoms with Crippen molar-refractivity contribution in [1.82, 2.24) is 19.3 Å². The number of Topliss-reactive ketones (excluding diaryl/α,β-unsaturated/α-hetero) is 1. The van der Waals surface area contributed by atoms with Gasteiger partial charge in [0.05, 0.1) is 12.4 Å². The fourth-order valence-electron chi connectivity index (χ4n) is 3.22. The van der Waals surface area contributed by atoms with E-state index in [9.17, 15) is 4.79 Å². The van der Waals surface area contributed by atoms with E-state index >= 15 is 0 Å². The Morgan fingerprint density at radius 2 is 1.96 bits per heavy atom. The third-order valence-electron chi connectivity index (χ3n) is 4.79. The highest BCUT2D eigenvalue weighted by Crippen LogP contribution is 2.21. The molecule has 0 spiro atoms. The summed E-state index contributed by atoms with van der Waals surface area (Å²) in [5, 5.41) is 8.78. The molecule has 1 aromatic carbocycles. The first-order valence-corrected chi connectivity index (χ1v) is 10.3. The van der Waals surface area contributed by atoms with Crippen molar-refractivity contribution in [3.05, 3.63) is 65.2 Å². The molecule has 0 fully saturated rings. The lowest BCUT2D eigenvalue weighted by Crippen LogP contribution is -2.09. The van der Waals surface area contributed by atoms with Crippen LogP contribution in [-0.4, -0.2) is 44.6 Å². The topological polar surface area (TPSA) is 61.9 Å². The Morgan fingerprint density at radius 1 is 1.18 bits per heavy atom. The Balaban J connectivity index is 1.63. The lowest BCUT2D eigenvalue weighted by Gasteiger charge is -2.10. The quantitative estimate of drug-likeness (QED) is 0.386. The molecule has 3 rings (SSSR count). The fraction of sp³-hybridized carbons (Fsp3) is 0.381. The van der Waals surface area contributed by atoms with Crippen molar-refractivity contribution in [1.29, 1.82) is 0 Å². The summed E-state index contributed by atoms with van der Waals surface area (Å²) < 4.78 is 9.23. The highest BCUT2D eigenvalue weighted by Gasteiger charge is 2.17. The van der Waals surface area contributed by atoms with Gasteiger partial charge in [-0.3, -0.25) is 4.79 Å². The molecule has 0 atom stereocenters. The normalized spacial score (nSPS) is 11.1. The Kier molecular flexibility index (Phi) is 7.06. The van der Waals surface area contributed by atoms with Crippen molar-refractivity contribution in [2.24, 2.45) is 0 Å². The number of aryl methyl sites for hydroxylation is 2. The molecule has 0 N–H and O–H groups in total. The smallest absolute Gasteiger partial charge is 0.191 e. The summed E-state index contributed by atoms with van der Waals surface area (Å²) in [6.45, 7) is 6.21. The summed E-state index contributed by atoms with van der Waals surface area (Å²) in [5.41, 5.74) is 4.24. The van der Waals surface area contributed by atoms with Gasteiger partial charge in [0.1, 0.15) is 6.33 Å². The Morgan fingerprint density at radius 3 is 2.71 bits per heavy atom. The monoisotopic (exact) mass is 398 g/mol. The minimum absolute atomic E-state index is 0.116. The molecule has 0 aliphatic heterocycles. The van der Waals surface area contributed by atoms with E-state index < -0.39 is 0 Å². The highest BCUT2D eigenvalue weighted by atomic mass is 32.2. The number of hydrogen-bond acceptors (Lipinski definition) is 5. The Bertz CT molecular complexity index is 918. The van der Waals surface area contributed by atoms with E-state index in [1.807, 2.05) is 23.6 Å². The van der Waals surface area contributed by atoms with Crippen molar-refractivity contribution >= 4 is 17.5 Å². The number of hydrogen-bond donors (Lipinski definition) is 0. The van der Waals surface area contributed by atoms with E-state index in [4.69, 9.17) is 4.74 Å². The lowest BCUT2D eigenvalue weighted by molar-refractivity contribution is 0.102. The van der Waals surface area contributed by atoms with Gasteiger partial charge in [0, 0.05) is 37.2 Å². The number of ether oxygens (including phenoxy) is 1. The number of benzene rings is 1. The molecule has 148 valence electrons. The van der Waals surface area contributed by atoms with Crippen molar-refractivity contribution in [2.45, 2.75) is 38.5 Å². The summed E-state index contributed by atoms with van der Waals surface area (Å²) in [5.74, 6) is 0.458. The van der Waals surface area contributed by atoms with Crippen molar-refractivity contribution in [2.75, 3.05) is 19.5 Å². The Hall–Kier alpha value is -2.38. The number of rotatable bonds is 10. The molecular weight excluding hydrogens is 372 g/mol. The van der Waals surface area contributed by atoms with Gasteiger partial charge in [-0.25, -0.2) is 0 Å². The van der Waals surface area contributed by atoms with E-state index in [1.54, 1.807) is 13.4 Å². The van der Waals surface area contributed by atoms with Crippen molar-refractivity contribution < 1.29 is 9.53 Å². The van der Waals surface area contributed by atoms with Crippen LogP contribution in [0.25, 0.3) is 0 Å². The van der Waals surface area contributed by atoms with Gasteiger partial charge in [-0.05, 0) is 31.9 Å². The van der Waals surface area contributed by atoms with Crippen LogP contribution in [0.1, 0.15) is 27.3 Å². The van der Waals surface area contributed by atoms with Gasteiger partial charge in [0.15, 0.2) is 10.9 Å². The molecule has 0 aliphatic rings. The summed E-state index contributed by atoms with van der Waals surface area (Å²) >= 11 is 1.42. The standard InChI is InChI=1S/C21H26N4O2S/c1-16-13-19(17(2)25(16)10-9-18-7-5-4-6-8-18)20(26)14-28-21-23-22-15-24(21)11-12-27-3/h4-8,13,15H,9-12,14H2,1-3H3. The van der Waals surface area contributed by atoms with Crippen LogP contribution in [0.3, 0.4) is 0 Å². The van der Waals surface area contributed by atoms with Crippen LogP contribution in [0, 0.1) is 13.8 Å². The van der Waals surface area contributed by atoms with Crippen LogP contribution in [-0.2, 0) is 24.2 Å². The largest absolute Gasteiger partial charge is 0.383 e. The zero-order valence-corrected chi connectivity index (χ0v) is 17.4. The van der Waals surface area contributed by atoms with Gasteiger partial charge in [-0.15, -0.1) is 10.2 Å². The van der Waals surface area contributed by atoms with Gasteiger partial charge in [-0.2, -0.15) is 0 Å². The second kappa shape index (κ2) is 9.71. The van der Waals surface area contributed by atoms with E-state index in [2.05, 4.69) is 46.0 Å². The van der Waals surface area contributed by atoms with Gasteiger partial charge in [0.2, 0.25) is 0 Å². The van der Waals surface area contributed by atoms with Gasteiger partial charge >= 0.3 is 0 Å². The summed E-state index contributed by atoms with van der Waals surface area (Å²) in [4.78, 5) is 12.8. The molecule has 0 saturated heterocycles. The first kappa shape index (κ1) is 20.4. The van der Waals surface area contributed by atoms with E-state index in [0.29, 0.717) is 18.9 Å². The first-order valence-electron chi connectivity index (χ1n) is 9.33. The molecule has 0 bridgehead atoms. The molecule has 2 heterocycles. The van der Waals surface area contributed by atoms with Gasteiger partial charge in [-0.1, -0.05) is 42.1 Å². The van der Waals surface area contributed by atoms with E-state index in [0.717, 1.165) is 35.1 Å².